The topological polar surface area (TPSA) is 51.4 Å². The van der Waals surface area contributed by atoms with Crippen LogP contribution in [0.5, 0.6) is 0 Å². The molecule has 2 heterocycles. The van der Waals surface area contributed by atoms with Gasteiger partial charge in [0.15, 0.2) is 5.13 Å². The molecule has 0 saturated carbocycles. The SMILES string of the molecule is Nc1ncc(CN2CCOC(Cc3ccccc3)C2)s1. The Kier molecular flexibility index (Phi) is 4.30. The van der Waals surface area contributed by atoms with Crippen LogP contribution >= 0.6 is 11.3 Å². The molecule has 2 aromatic rings. The number of nitrogen functional groups attached to an aromatic ring is 1. The van der Waals surface area contributed by atoms with Crippen LogP contribution in [0, 0.1) is 0 Å². The van der Waals surface area contributed by atoms with Gasteiger partial charge in [-0.2, -0.15) is 0 Å². The van der Waals surface area contributed by atoms with Crippen LogP contribution in [0.1, 0.15) is 10.4 Å². The zero-order valence-electron chi connectivity index (χ0n) is 11.4. The number of nitrogens with two attached hydrogens (primary N) is 1. The van der Waals surface area contributed by atoms with Crippen molar-refractivity contribution in [3.8, 4) is 0 Å². The van der Waals surface area contributed by atoms with E-state index in [9.17, 15) is 0 Å². The van der Waals surface area contributed by atoms with Crippen LogP contribution in [0.2, 0.25) is 0 Å². The zero-order valence-corrected chi connectivity index (χ0v) is 12.2. The monoisotopic (exact) mass is 289 g/mol. The van der Waals surface area contributed by atoms with Gasteiger partial charge in [0, 0.05) is 30.7 Å². The summed E-state index contributed by atoms with van der Waals surface area (Å²) < 4.78 is 5.88. The normalized spacial score (nSPS) is 20.1. The van der Waals surface area contributed by atoms with Gasteiger partial charge < -0.3 is 10.5 Å². The maximum absolute atomic E-state index is 5.88. The van der Waals surface area contributed by atoms with Gasteiger partial charge in [0.2, 0.25) is 0 Å². The molecule has 1 aromatic carbocycles. The Labute approximate surface area is 123 Å². The number of hydrogen-bond acceptors (Lipinski definition) is 5. The van der Waals surface area contributed by atoms with E-state index < -0.39 is 0 Å². The first-order valence-corrected chi connectivity index (χ1v) is 7.69. The molecule has 3 rings (SSSR count). The molecule has 1 saturated heterocycles. The fourth-order valence-corrected chi connectivity index (χ4v) is 3.27. The molecular formula is C15H19N3OS. The summed E-state index contributed by atoms with van der Waals surface area (Å²) in [5, 5.41) is 0.647. The highest BCUT2D eigenvalue weighted by Crippen LogP contribution is 2.19. The number of benzene rings is 1. The van der Waals surface area contributed by atoms with Crippen LogP contribution in [0.15, 0.2) is 36.5 Å². The molecule has 106 valence electrons. The van der Waals surface area contributed by atoms with Gasteiger partial charge in [0.25, 0.3) is 0 Å². The third kappa shape index (κ3) is 3.56. The van der Waals surface area contributed by atoms with E-state index in [-0.39, 0.29) is 6.10 Å². The highest BCUT2D eigenvalue weighted by atomic mass is 32.1. The summed E-state index contributed by atoms with van der Waals surface area (Å²) in [5.74, 6) is 0. The Hall–Kier alpha value is -1.43. The minimum atomic E-state index is 0.274. The minimum Gasteiger partial charge on any atom is -0.375 e. The molecule has 4 nitrogen and oxygen atoms in total. The summed E-state index contributed by atoms with van der Waals surface area (Å²) in [6.45, 7) is 3.66. The van der Waals surface area contributed by atoms with Crippen molar-refractivity contribution in [1.29, 1.82) is 0 Å². The maximum Gasteiger partial charge on any atom is 0.180 e. The molecule has 0 aliphatic carbocycles. The van der Waals surface area contributed by atoms with Gasteiger partial charge in [-0.25, -0.2) is 4.98 Å². The molecule has 0 bridgehead atoms. The summed E-state index contributed by atoms with van der Waals surface area (Å²) in [6.07, 6.45) is 3.13. The molecular weight excluding hydrogens is 270 g/mol. The van der Waals surface area contributed by atoms with Crippen molar-refractivity contribution in [1.82, 2.24) is 9.88 Å². The number of hydrogen-bond donors (Lipinski definition) is 1. The van der Waals surface area contributed by atoms with Crippen molar-refractivity contribution >= 4 is 16.5 Å². The lowest BCUT2D eigenvalue weighted by molar-refractivity contribution is -0.0302. The number of nitrogens with zero attached hydrogens (tertiary/aromatic N) is 2. The van der Waals surface area contributed by atoms with Crippen molar-refractivity contribution in [2.24, 2.45) is 0 Å². The molecule has 1 atom stereocenters. The van der Waals surface area contributed by atoms with Crippen molar-refractivity contribution in [2.45, 2.75) is 19.1 Å². The van der Waals surface area contributed by atoms with Gasteiger partial charge in [-0.3, -0.25) is 4.90 Å². The Morgan fingerprint density at radius 1 is 1.35 bits per heavy atom. The molecule has 2 N–H and O–H groups in total. The van der Waals surface area contributed by atoms with Crippen LogP contribution in [0.4, 0.5) is 5.13 Å². The van der Waals surface area contributed by atoms with Crippen molar-refractivity contribution in [2.75, 3.05) is 25.4 Å². The first kappa shape index (κ1) is 13.5. The number of morpholine rings is 1. The standard InChI is InChI=1S/C15H19N3OS/c16-15-17-9-14(20-15)11-18-6-7-19-13(10-18)8-12-4-2-1-3-5-12/h1-5,9,13H,6-8,10-11H2,(H2,16,17). The Morgan fingerprint density at radius 3 is 2.95 bits per heavy atom. The third-order valence-electron chi connectivity index (χ3n) is 3.48. The second-order valence-electron chi connectivity index (χ2n) is 5.08. The number of thiazole rings is 1. The van der Waals surface area contributed by atoms with E-state index in [0.717, 1.165) is 32.7 Å². The van der Waals surface area contributed by atoms with Crippen molar-refractivity contribution in [3.63, 3.8) is 0 Å². The number of ether oxygens (including phenoxy) is 1. The van der Waals surface area contributed by atoms with Gasteiger partial charge in [0.1, 0.15) is 0 Å². The maximum atomic E-state index is 5.88. The second-order valence-corrected chi connectivity index (χ2v) is 6.23. The Morgan fingerprint density at radius 2 is 2.20 bits per heavy atom. The van der Waals surface area contributed by atoms with E-state index in [1.807, 2.05) is 12.3 Å². The van der Waals surface area contributed by atoms with E-state index in [0.29, 0.717) is 5.13 Å². The molecule has 0 amide bonds. The minimum absolute atomic E-state index is 0.274. The summed E-state index contributed by atoms with van der Waals surface area (Å²) in [4.78, 5) is 7.75. The molecule has 0 spiro atoms. The van der Waals surface area contributed by atoms with Gasteiger partial charge in [-0.1, -0.05) is 30.3 Å². The second kappa shape index (κ2) is 6.35. The molecule has 20 heavy (non-hydrogen) atoms. The van der Waals surface area contributed by atoms with Gasteiger partial charge in [-0.15, -0.1) is 11.3 Å². The highest BCUT2D eigenvalue weighted by molar-refractivity contribution is 7.15. The average Bonchev–Trinajstić information content (AvgIpc) is 2.86. The van der Waals surface area contributed by atoms with Crippen molar-refractivity contribution in [3.05, 3.63) is 47.0 Å². The highest BCUT2D eigenvalue weighted by Gasteiger charge is 2.21. The molecule has 1 aromatic heterocycles. The third-order valence-corrected chi connectivity index (χ3v) is 4.29. The molecule has 5 heteroatoms. The Balaban J connectivity index is 1.56. The molecule has 1 fully saturated rings. The molecule has 1 aliphatic rings. The first-order valence-electron chi connectivity index (χ1n) is 6.87. The largest absolute Gasteiger partial charge is 0.375 e. The first-order chi connectivity index (χ1) is 9.79. The van der Waals surface area contributed by atoms with E-state index in [1.165, 1.54) is 10.4 Å². The van der Waals surface area contributed by atoms with E-state index >= 15 is 0 Å². The number of aromatic nitrogens is 1. The molecule has 0 radical (unpaired) electrons. The van der Waals surface area contributed by atoms with Crippen LogP contribution in [-0.4, -0.2) is 35.7 Å². The van der Waals surface area contributed by atoms with Gasteiger partial charge >= 0.3 is 0 Å². The zero-order chi connectivity index (χ0) is 13.8. The predicted molar refractivity (Wildman–Crippen MR) is 81.7 cm³/mol. The number of anilines is 1. The summed E-state index contributed by atoms with van der Waals surface area (Å²) >= 11 is 1.57. The van der Waals surface area contributed by atoms with Crippen LogP contribution in [0.25, 0.3) is 0 Å². The lowest BCUT2D eigenvalue weighted by Gasteiger charge is -2.32. The summed E-state index contributed by atoms with van der Waals surface area (Å²) in [7, 11) is 0. The van der Waals surface area contributed by atoms with Gasteiger partial charge in [-0.05, 0) is 12.0 Å². The quantitative estimate of drug-likeness (QED) is 0.937. The predicted octanol–water partition coefficient (Wildman–Crippen LogP) is 2.17. The molecule has 1 unspecified atom stereocenters. The van der Waals surface area contributed by atoms with Gasteiger partial charge in [0.05, 0.1) is 12.7 Å². The van der Waals surface area contributed by atoms with E-state index in [2.05, 4.69) is 34.1 Å². The van der Waals surface area contributed by atoms with Crippen LogP contribution in [-0.2, 0) is 17.7 Å². The number of rotatable bonds is 4. The Bertz CT molecular complexity index is 543. The molecule has 1 aliphatic heterocycles. The summed E-state index contributed by atoms with van der Waals surface area (Å²) in [6, 6.07) is 10.5. The lowest BCUT2D eigenvalue weighted by Crippen LogP contribution is -2.42. The van der Waals surface area contributed by atoms with E-state index in [4.69, 9.17) is 10.5 Å². The van der Waals surface area contributed by atoms with Crippen LogP contribution in [0.3, 0.4) is 0 Å². The average molecular weight is 289 g/mol. The smallest absolute Gasteiger partial charge is 0.180 e. The fraction of sp³-hybridized carbons (Fsp3) is 0.400. The lowest BCUT2D eigenvalue weighted by atomic mass is 10.1. The van der Waals surface area contributed by atoms with Crippen molar-refractivity contribution < 1.29 is 4.74 Å². The van der Waals surface area contributed by atoms with E-state index in [1.54, 1.807) is 11.3 Å². The fourth-order valence-electron chi connectivity index (χ4n) is 2.54. The van der Waals surface area contributed by atoms with Crippen LogP contribution < -0.4 is 5.73 Å². The summed E-state index contributed by atoms with van der Waals surface area (Å²) in [5.41, 5.74) is 7.01.